The molecule has 1 aromatic carbocycles. The second-order valence-electron chi connectivity index (χ2n) is 6.99. The zero-order chi connectivity index (χ0) is 20.5. The smallest absolute Gasteiger partial charge is 0.262 e. The SMILES string of the molecule is Cc1ccc(/C=N\NC(=O)[C@H](CC(C)C)NC(=O)COc2ccccc2C)o1. The minimum atomic E-state index is -0.705. The van der Waals surface area contributed by atoms with Crippen LogP contribution in [0, 0.1) is 19.8 Å². The lowest BCUT2D eigenvalue weighted by Crippen LogP contribution is -2.47. The maximum absolute atomic E-state index is 12.4. The molecule has 0 spiro atoms. The largest absolute Gasteiger partial charge is 0.484 e. The van der Waals surface area contributed by atoms with E-state index in [0.29, 0.717) is 17.9 Å². The fourth-order valence-corrected chi connectivity index (χ4v) is 2.56. The lowest BCUT2D eigenvalue weighted by Gasteiger charge is -2.19. The molecule has 2 rings (SSSR count). The molecule has 0 fully saturated rings. The number of carbonyl (C=O) groups excluding carboxylic acids is 2. The summed E-state index contributed by atoms with van der Waals surface area (Å²) in [6.07, 6.45) is 1.90. The predicted molar refractivity (Wildman–Crippen MR) is 107 cm³/mol. The zero-order valence-corrected chi connectivity index (χ0v) is 16.7. The normalized spacial score (nSPS) is 12.2. The van der Waals surface area contributed by atoms with Gasteiger partial charge in [0.2, 0.25) is 0 Å². The van der Waals surface area contributed by atoms with E-state index in [1.54, 1.807) is 18.2 Å². The van der Waals surface area contributed by atoms with Crippen molar-refractivity contribution in [3.8, 4) is 5.75 Å². The Morgan fingerprint density at radius 1 is 1.18 bits per heavy atom. The Balaban J connectivity index is 1.90. The van der Waals surface area contributed by atoms with Crippen LogP contribution in [-0.4, -0.2) is 30.7 Å². The maximum atomic E-state index is 12.4. The molecule has 1 heterocycles. The summed E-state index contributed by atoms with van der Waals surface area (Å²) >= 11 is 0. The van der Waals surface area contributed by atoms with Crippen molar-refractivity contribution < 1.29 is 18.7 Å². The van der Waals surface area contributed by atoms with Gasteiger partial charge in [-0.1, -0.05) is 32.0 Å². The standard InChI is InChI=1S/C21H27N3O4/c1-14(2)11-18(21(26)24-22-12-17-10-9-16(4)28-17)23-20(25)13-27-19-8-6-5-7-15(19)3/h5-10,12,14,18H,11,13H2,1-4H3,(H,23,25)(H,24,26)/b22-12-/t18-/m0/s1. The number of nitrogens with one attached hydrogen (secondary N) is 2. The quantitative estimate of drug-likeness (QED) is 0.513. The number of amides is 2. The highest BCUT2D eigenvalue weighted by Gasteiger charge is 2.22. The van der Waals surface area contributed by atoms with E-state index >= 15 is 0 Å². The number of para-hydroxylation sites is 1. The molecule has 28 heavy (non-hydrogen) atoms. The van der Waals surface area contributed by atoms with Crippen molar-refractivity contribution in [2.75, 3.05) is 6.61 Å². The van der Waals surface area contributed by atoms with Crippen LogP contribution in [0.3, 0.4) is 0 Å². The minimum absolute atomic E-state index is 0.165. The van der Waals surface area contributed by atoms with Crippen molar-refractivity contribution in [3.05, 3.63) is 53.5 Å². The van der Waals surface area contributed by atoms with E-state index in [-0.39, 0.29) is 18.4 Å². The van der Waals surface area contributed by atoms with E-state index in [2.05, 4.69) is 15.8 Å². The van der Waals surface area contributed by atoms with Crippen molar-refractivity contribution in [2.24, 2.45) is 11.0 Å². The average molecular weight is 385 g/mol. The van der Waals surface area contributed by atoms with E-state index in [9.17, 15) is 9.59 Å². The lowest BCUT2D eigenvalue weighted by molar-refractivity contribution is -0.130. The molecule has 0 saturated carbocycles. The third-order valence-electron chi connectivity index (χ3n) is 3.94. The summed E-state index contributed by atoms with van der Waals surface area (Å²) in [7, 11) is 0. The first-order chi connectivity index (χ1) is 13.3. The number of hydrazone groups is 1. The van der Waals surface area contributed by atoms with Crippen molar-refractivity contribution in [2.45, 2.75) is 40.2 Å². The Kier molecular flexibility index (Phi) is 7.80. The van der Waals surface area contributed by atoms with Gasteiger partial charge in [0.25, 0.3) is 11.8 Å². The molecule has 0 aliphatic carbocycles. The van der Waals surface area contributed by atoms with Crippen molar-refractivity contribution >= 4 is 18.0 Å². The van der Waals surface area contributed by atoms with E-state index in [0.717, 1.165) is 11.3 Å². The molecule has 7 heteroatoms. The number of ether oxygens (including phenoxy) is 1. The van der Waals surface area contributed by atoms with Crippen LogP contribution in [0.15, 0.2) is 45.9 Å². The molecule has 1 atom stereocenters. The molecule has 2 aromatic rings. The summed E-state index contributed by atoms with van der Waals surface area (Å²) in [6.45, 7) is 7.52. The number of furan rings is 1. The lowest BCUT2D eigenvalue weighted by atomic mass is 10.0. The van der Waals surface area contributed by atoms with E-state index in [1.165, 1.54) is 6.21 Å². The Morgan fingerprint density at radius 3 is 2.57 bits per heavy atom. The Morgan fingerprint density at radius 2 is 1.93 bits per heavy atom. The van der Waals surface area contributed by atoms with E-state index < -0.39 is 11.9 Å². The fraction of sp³-hybridized carbons (Fsp3) is 0.381. The van der Waals surface area contributed by atoms with Crippen LogP contribution in [-0.2, 0) is 9.59 Å². The minimum Gasteiger partial charge on any atom is -0.484 e. The van der Waals surface area contributed by atoms with Crippen molar-refractivity contribution in [3.63, 3.8) is 0 Å². The average Bonchev–Trinajstić information content (AvgIpc) is 3.05. The molecule has 1 aromatic heterocycles. The highest BCUT2D eigenvalue weighted by atomic mass is 16.5. The second kappa shape index (κ2) is 10.3. The van der Waals surface area contributed by atoms with Gasteiger partial charge in [0.15, 0.2) is 6.61 Å². The molecule has 0 unspecified atom stereocenters. The summed E-state index contributed by atoms with van der Waals surface area (Å²) in [5, 5.41) is 6.61. The van der Waals surface area contributed by atoms with Gasteiger partial charge in [-0.15, -0.1) is 0 Å². The zero-order valence-electron chi connectivity index (χ0n) is 16.7. The third kappa shape index (κ3) is 6.90. The molecular formula is C21H27N3O4. The first kappa shape index (κ1) is 21.2. The number of carbonyl (C=O) groups is 2. The third-order valence-corrected chi connectivity index (χ3v) is 3.94. The molecule has 0 radical (unpaired) electrons. The van der Waals surface area contributed by atoms with Gasteiger partial charge < -0.3 is 14.5 Å². The predicted octanol–water partition coefficient (Wildman–Crippen LogP) is 2.96. The first-order valence-electron chi connectivity index (χ1n) is 9.22. The summed E-state index contributed by atoms with van der Waals surface area (Å²) in [5.74, 6) is 1.39. The van der Waals surface area contributed by atoms with Gasteiger partial charge in [0.05, 0.1) is 6.21 Å². The summed E-state index contributed by atoms with van der Waals surface area (Å²) in [5.41, 5.74) is 3.39. The number of benzene rings is 1. The Labute approximate surface area is 165 Å². The Hall–Kier alpha value is -3.09. The molecule has 0 saturated heterocycles. The molecular weight excluding hydrogens is 358 g/mol. The highest BCUT2D eigenvalue weighted by molar-refractivity contribution is 5.88. The van der Waals surface area contributed by atoms with Gasteiger partial charge in [-0.25, -0.2) is 5.43 Å². The molecule has 7 nitrogen and oxygen atoms in total. The van der Waals surface area contributed by atoms with Gasteiger partial charge in [-0.2, -0.15) is 5.10 Å². The van der Waals surface area contributed by atoms with Crippen LogP contribution in [0.4, 0.5) is 0 Å². The number of hydrogen-bond acceptors (Lipinski definition) is 5. The molecule has 2 amide bonds. The van der Waals surface area contributed by atoms with E-state index in [1.807, 2.05) is 45.9 Å². The Bertz CT molecular complexity index is 827. The molecule has 0 bridgehead atoms. The van der Waals surface area contributed by atoms with Crippen LogP contribution >= 0.6 is 0 Å². The maximum Gasteiger partial charge on any atom is 0.262 e. The molecule has 0 aliphatic heterocycles. The second-order valence-corrected chi connectivity index (χ2v) is 6.99. The van der Waals surface area contributed by atoms with Crippen LogP contribution in [0.25, 0.3) is 0 Å². The van der Waals surface area contributed by atoms with Crippen LogP contribution in [0.1, 0.15) is 37.4 Å². The van der Waals surface area contributed by atoms with Gasteiger partial charge in [0.1, 0.15) is 23.3 Å². The molecule has 150 valence electrons. The van der Waals surface area contributed by atoms with Gasteiger partial charge in [0, 0.05) is 0 Å². The summed E-state index contributed by atoms with van der Waals surface area (Å²) in [6, 6.07) is 10.3. The summed E-state index contributed by atoms with van der Waals surface area (Å²) in [4.78, 5) is 24.7. The molecule has 2 N–H and O–H groups in total. The first-order valence-corrected chi connectivity index (χ1v) is 9.22. The van der Waals surface area contributed by atoms with Crippen molar-refractivity contribution in [1.82, 2.24) is 10.7 Å². The van der Waals surface area contributed by atoms with Gasteiger partial charge in [-0.05, 0) is 49.9 Å². The number of rotatable bonds is 9. The highest BCUT2D eigenvalue weighted by Crippen LogP contribution is 2.15. The fourth-order valence-electron chi connectivity index (χ4n) is 2.56. The number of hydrogen-bond donors (Lipinski definition) is 2. The number of aryl methyl sites for hydroxylation is 2. The monoisotopic (exact) mass is 385 g/mol. The summed E-state index contributed by atoms with van der Waals surface area (Å²) < 4.78 is 10.9. The van der Waals surface area contributed by atoms with Crippen molar-refractivity contribution in [1.29, 1.82) is 0 Å². The molecule has 0 aliphatic rings. The number of nitrogens with zero attached hydrogens (tertiary/aromatic N) is 1. The topological polar surface area (TPSA) is 92.9 Å². The van der Waals surface area contributed by atoms with Crippen LogP contribution in [0.5, 0.6) is 5.75 Å². The van der Waals surface area contributed by atoms with E-state index in [4.69, 9.17) is 9.15 Å². The van der Waals surface area contributed by atoms with Crippen LogP contribution in [0.2, 0.25) is 0 Å². The van der Waals surface area contributed by atoms with Crippen LogP contribution < -0.4 is 15.5 Å². The van der Waals surface area contributed by atoms with Gasteiger partial charge in [-0.3, -0.25) is 9.59 Å². The van der Waals surface area contributed by atoms with Gasteiger partial charge >= 0.3 is 0 Å².